The number of anilines is 2. The smallest absolute Gasteiger partial charge is 0.264 e. The fraction of sp³-hybridized carbons (Fsp3) is 0.500. The Bertz CT molecular complexity index is 1050. The molecule has 0 saturated carbocycles. The van der Waals surface area contributed by atoms with Crippen molar-refractivity contribution in [2.24, 2.45) is 0 Å². The zero-order valence-corrected chi connectivity index (χ0v) is 23.4. The number of aromatic nitrogens is 1. The average Bonchev–Trinajstić information content (AvgIpc) is 2.79. The van der Waals surface area contributed by atoms with Crippen LogP contribution >= 0.6 is 15.9 Å². The van der Waals surface area contributed by atoms with E-state index in [2.05, 4.69) is 58.1 Å². The molecular formula is C24H32BrF3N4O2Si. The summed E-state index contributed by atoms with van der Waals surface area (Å²) >= 11 is 3.17. The topological polar surface area (TPSA) is 57.7 Å². The second kappa shape index (κ2) is 11.7. The number of carbonyl (C=O) groups excluding carboxylic acids is 1. The number of hydrogen-bond acceptors (Lipinski definition) is 5. The Morgan fingerprint density at radius 3 is 2.51 bits per heavy atom. The third-order valence-electron chi connectivity index (χ3n) is 6.32. The highest BCUT2D eigenvalue weighted by molar-refractivity contribution is 9.10. The molecule has 0 radical (unpaired) electrons. The van der Waals surface area contributed by atoms with Crippen molar-refractivity contribution in [3.8, 4) is 5.88 Å². The Morgan fingerprint density at radius 2 is 1.91 bits per heavy atom. The molecule has 1 aliphatic heterocycles. The molecule has 1 aromatic carbocycles. The average molecular weight is 574 g/mol. The maximum atomic E-state index is 14.5. The summed E-state index contributed by atoms with van der Waals surface area (Å²) in [6, 6.07) is 5.22. The summed E-state index contributed by atoms with van der Waals surface area (Å²) in [5.41, 5.74) is 0.112. The molecule has 1 N–H and O–H groups in total. The van der Waals surface area contributed by atoms with Crippen LogP contribution in [0.5, 0.6) is 5.88 Å². The van der Waals surface area contributed by atoms with Crippen LogP contribution in [0.4, 0.5) is 24.5 Å². The van der Waals surface area contributed by atoms with Gasteiger partial charge in [0.05, 0.1) is 28.0 Å². The van der Waals surface area contributed by atoms with Crippen molar-refractivity contribution in [1.82, 2.24) is 9.88 Å². The molecule has 11 heteroatoms. The Kier molecular flexibility index (Phi) is 9.22. The lowest BCUT2D eigenvalue weighted by Crippen LogP contribution is -2.55. The number of hydrogen-bond donors (Lipinski definition) is 1. The van der Waals surface area contributed by atoms with Crippen molar-refractivity contribution in [2.45, 2.75) is 51.5 Å². The fourth-order valence-electron chi connectivity index (χ4n) is 3.99. The van der Waals surface area contributed by atoms with E-state index in [4.69, 9.17) is 4.74 Å². The molecule has 1 fully saturated rings. The number of likely N-dealkylation sites (N-methyl/N-ethyl adjacent to an activating group) is 1. The molecule has 2 atom stereocenters. The minimum Gasteiger partial charge on any atom is -0.478 e. The Balaban J connectivity index is 1.89. The van der Waals surface area contributed by atoms with E-state index in [1.807, 2.05) is 11.9 Å². The number of ether oxygens (including phenoxy) is 1. The summed E-state index contributed by atoms with van der Waals surface area (Å²) in [5.74, 6) is -1.15. The minimum atomic E-state index is -2.89. The van der Waals surface area contributed by atoms with E-state index in [9.17, 15) is 18.0 Å². The predicted octanol–water partition coefficient (Wildman–Crippen LogP) is 5.57. The first kappa shape index (κ1) is 27.5. The van der Waals surface area contributed by atoms with Crippen LogP contribution in [0.1, 0.15) is 36.2 Å². The van der Waals surface area contributed by atoms with Gasteiger partial charge in [-0.05, 0) is 48.9 Å². The molecule has 192 valence electrons. The molecule has 2 aromatic rings. The van der Waals surface area contributed by atoms with E-state index in [-0.39, 0.29) is 28.0 Å². The number of nitrogens with one attached hydrogen (secondary N) is 1. The van der Waals surface area contributed by atoms with Gasteiger partial charge in [0.15, 0.2) is 0 Å². The van der Waals surface area contributed by atoms with Gasteiger partial charge in [-0.15, -0.1) is 0 Å². The van der Waals surface area contributed by atoms with E-state index in [0.717, 1.165) is 18.3 Å². The van der Waals surface area contributed by atoms with Gasteiger partial charge in [-0.2, -0.15) is 0 Å². The highest BCUT2D eigenvalue weighted by atomic mass is 79.9. The predicted molar refractivity (Wildman–Crippen MR) is 139 cm³/mol. The highest BCUT2D eigenvalue weighted by Gasteiger charge is 2.29. The number of nitrogens with zero attached hydrogens (tertiary/aromatic N) is 3. The number of benzene rings is 1. The number of amides is 1. The van der Waals surface area contributed by atoms with E-state index < -0.39 is 32.5 Å². The van der Waals surface area contributed by atoms with Gasteiger partial charge in [0.25, 0.3) is 12.3 Å². The third kappa shape index (κ3) is 6.76. The van der Waals surface area contributed by atoms with Crippen LogP contribution in [0.3, 0.4) is 0 Å². The fourth-order valence-corrected chi connectivity index (χ4v) is 4.92. The van der Waals surface area contributed by atoms with Crippen LogP contribution < -0.4 is 15.0 Å². The standard InChI is InChI=1S/C24H32BrF3N4O2Si/c1-14-12-32(13-15(2)31(14)3)21-10-19(26)18(25)9-20(21)30-24(33)17-11-29-22(8-16(17)23(27)28)34-6-7-35(4)5/h8-11,14-15,23,35H,6-7,12-13H2,1-5H3,(H,30,33)/t14-,15+. The van der Waals surface area contributed by atoms with Crippen molar-refractivity contribution in [2.75, 3.05) is 37.0 Å². The van der Waals surface area contributed by atoms with Crippen molar-refractivity contribution in [3.63, 3.8) is 0 Å². The molecule has 1 saturated heterocycles. The lowest BCUT2D eigenvalue weighted by Gasteiger charge is -2.44. The number of carbonyl (C=O) groups is 1. The molecule has 1 amide bonds. The SMILES string of the molecule is C[C@@H]1CN(c2cc(F)c(Br)cc2NC(=O)c2cnc(OCC[SiH](C)C)cc2C(F)F)C[C@H](C)N1C. The van der Waals surface area contributed by atoms with E-state index >= 15 is 0 Å². The van der Waals surface area contributed by atoms with E-state index in [0.29, 0.717) is 31.1 Å². The monoisotopic (exact) mass is 572 g/mol. The van der Waals surface area contributed by atoms with Crippen LogP contribution in [0.15, 0.2) is 28.9 Å². The lowest BCUT2D eigenvalue weighted by molar-refractivity contribution is 0.101. The number of pyridine rings is 1. The third-order valence-corrected chi connectivity index (χ3v) is 8.32. The molecule has 3 rings (SSSR count). The summed E-state index contributed by atoms with van der Waals surface area (Å²) in [7, 11) is 1.19. The van der Waals surface area contributed by atoms with Gasteiger partial charge in [-0.1, -0.05) is 13.1 Å². The molecule has 35 heavy (non-hydrogen) atoms. The maximum absolute atomic E-state index is 14.5. The quantitative estimate of drug-likeness (QED) is 0.419. The first-order valence-electron chi connectivity index (χ1n) is 11.7. The molecule has 1 aliphatic rings. The highest BCUT2D eigenvalue weighted by Crippen LogP contribution is 2.35. The van der Waals surface area contributed by atoms with Crippen LogP contribution in [-0.2, 0) is 0 Å². The maximum Gasteiger partial charge on any atom is 0.264 e. The first-order valence-corrected chi connectivity index (χ1v) is 15.6. The molecular weight excluding hydrogens is 541 g/mol. The molecule has 0 aliphatic carbocycles. The van der Waals surface area contributed by atoms with Gasteiger partial charge in [-0.3, -0.25) is 9.69 Å². The molecule has 0 bridgehead atoms. The van der Waals surface area contributed by atoms with Crippen molar-refractivity contribution in [3.05, 3.63) is 45.8 Å². The number of piperazine rings is 1. The Hall–Kier alpha value is -2.11. The van der Waals surface area contributed by atoms with Crippen molar-refractivity contribution >= 4 is 42.0 Å². The summed E-state index contributed by atoms with van der Waals surface area (Å²) in [6.07, 6.45) is -1.78. The molecule has 2 heterocycles. The summed E-state index contributed by atoms with van der Waals surface area (Å²) < 4.78 is 47.9. The molecule has 6 nitrogen and oxygen atoms in total. The summed E-state index contributed by atoms with van der Waals surface area (Å²) in [5, 5.41) is 2.71. The van der Waals surface area contributed by atoms with Gasteiger partial charge in [0, 0.05) is 57.9 Å². The molecule has 1 aromatic heterocycles. The van der Waals surface area contributed by atoms with Gasteiger partial charge in [0.1, 0.15) is 5.82 Å². The van der Waals surface area contributed by atoms with Gasteiger partial charge in [0.2, 0.25) is 5.88 Å². The van der Waals surface area contributed by atoms with Gasteiger partial charge < -0.3 is 15.0 Å². The summed E-state index contributed by atoms with van der Waals surface area (Å²) in [6.45, 7) is 10.1. The first-order chi connectivity index (χ1) is 16.5. The van der Waals surface area contributed by atoms with E-state index in [1.165, 1.54) is 12.1 Å². The van der Waals surface area contributed by atoms with Gasteiger partial charge >= 0.3 is 0 Å². The molecule has 0 unspecified atom stereocenters. The number of alkyl halides is 2. The van der Waals surface area contributed by atoms with Crippen molar-refractivity contribution < 1.29 is 22.7 Å². The molecule has 0 spiro atoms. The second-order valence-corrected chi connectivity index (χ2v) is 13.7. The number of rotatable bonds is 8. The van der Waals surface area contributed by atoms with Crippen LogP contribution in [0, 0.1) is 5.82 Å². The van der Waals surface area contributed by atoms with Gasteiger partial charge in [-0.25, -0.2) is 18.2 Å². The van der Waals surface area contributed by atoms with Crippen molar-refractivity contribution in [1.29, 1.82) is 0 Å². The zero-order chi connectivity index (χ0) is 25.9. The summed E-state index contributed by atoms with van der Waals surface area (Å²) in [4.78, 5) is 21.4. The minimum absolute atomic E-state index is 0.0668. The number of halogens is 4. The van der Waals surface area contributed by atoms with Crippen LogP contribution in [-0.4, -0.2) is 63.4 Å². The normalized spacial score (nSPS) is 18.9. The van der Waals surface area contributed by atoms with Crippen LogP contribution in [0.25, 0.3) is 0 Å². The van der Waals surface area contributed by atoms with E-state index in [1.54, 1.807) is 0 Å². The van der Waals surface area contributed by atoms with Crippen LogP contribution in [0.2, 0.25) is 19.1 Å². The Morgan fingerprint density at radius 1 is 1.26 bits per heavy atom. The largest absolute Gasteiger partial charge is 0.478 e. The zero-order valence-electron chi connectivity index (χ0n) is 20.6. The lowest BCUT2D eigenvalue weighted by atomic mass is 10.1. The Labute approximate surface area is 214 Å². The second-order valence-electron chi connectivity index (χ2n) is 9.45.